The summed E-state index contributed by atoms with van der Waals surface area (Å²) in [5.41, 5.74) is -0.851. The van der Waals surface area contributed by atoms with Gasteiger partial charge in [-0.25, -0.2) is 0 Å². The van der Waals surface area contributed by atoms with Gasteiger partial charge in [0.05, 0.1) is 22.1 Å². The van der Waals surface area contributed by atoms with Gasteiger partial charge in [-0.3, -0.25) is 20.2 Å². The fraction of sp³-hybridized carbons (Fsp3) is 0.167. The molecule has 23 heavy (non-hydrogen) atoms. The summed E-state index contributed by atoms with van der Waals surface area (Å²) in [6, 6.07) is 2.91. The van der Waals surface area contributed by atoms with Crippen LogP contribution in [-0.2, 0) is 0 Å². The maximum Gasteiger partial charge on any atom is 0.322 e. The van der Waals surface area contributed by atoms with E-state index in [1.165, 1.54) is 12.1 Å². The summed E-state index contributed by atoms with van der Waals surface area (Å²) in [5.74, 6) is -0.00461. The van der Waals surface area contributed by atoms with E-state index in [0.29, 0.717) is 5.69 Å². The standard InChI is InChI=1S/C12H8Cl3N3O5/c1-2-23-6-4-3-5-7(10(6)17(19)20)9(16-5)11(18(21)22)8(13)12(14)15/h3-4,16H,2H2,1H3. The zero-order chi connectivity index (χ0) is 17.3. The van der Waals surface area contributed by atoms with Crippen LogP contribution in [0.4, 0.5) is 11.4 Å². The predicted octanol–water partition coefficient (Wildman–Crippen LogP) is 4.25. The lowest BCUT2D eigenvalue weighted by atomic mass is 9.97. The molecule has 1 aromatic carbocycles. The van der Waals surface area contributed by atoms with Crippen LogP contribution in [0.25, 0.3) is 5.70 Å². The number of nitro groups is 2. The normalized spacial score (nSPS) is 14.1. The summed E-state index contributed by atoms with van der Waals surface area (Å²) in [6.45, 7) is 1.86. The van der Waals surface area contributed by atoms with Crippen molar-refractivity contribution in [2.75, 3.05) is 11.9 Å². The van der Waals surface area contributed by atoms with E-state index in [2.05, 4.69) is 5.32 Å². The van der Waals surface area contributed by atoms with Gasteiger partial charge < -0.3 is 10.1 Å². The second-order valence-corrected chi connectivity index (χ2v) is 5.53. The first kappa shape index (κ1) is 17.3. The first-order valence-electron chi connectivity index (χ1n) is 6.11. The minimum absolute atomic E-state index is 0.00461. The Kier molecular flexibility index (Phi) is 4.98. The van der Waals surface area contributed by atoms with E-state index in [9.17, 15) is 20.2 Å². The molecule has 0 saturated heterocycles. The minimum atomic E-state index is -0.824. The van der Waals surface area contributed by atoms with Gasteiger partial charge in [0.1, 0.15) is 15.8 Å². The second kappa shape index (κ2) is 6.61. The number of hydrogen-bond donors (Lipinski definition) is 1. The van der Waals surface area contributed by atoms with Gasteiger partial charge in [0.2, 0.25) is 0 Å². The SMILES string of the molecule is CCOc1ccc2c(c1[N+](=O)[O-])C(=C(C(Cl)=C(Cl)Cl)[N+](=O)[O-])N2. The van der Waals surface area contributed by atoms with Gasteiger partial charge in [-0.05, 0) is 19.1 Å². The molecule has 1 N–H and O–H groups in total. The van der Waals surface area contributed by atoms with Crippen LogP contribution in [0.1, 0.15) is 12.5 Å². The minimum Gasteiger partial charge on any atom is -0.487 e. The highest BCUT2D eigenvalue weighted by atomic mass is 35.5. The molecule has 0 atom stereocenters. The third-order valence-corrected chi connectivity index (χ3v) is 3.87. The number of halogens is 3. The number of nitro benzene ring substituents is 1. The average Bonchev–Trinajstić information content (AvgIpc) is 2.44. The summed E-state index contributed by atoms with van der Waals surface area (Å²) < 4.78 is 4.68. The molecule has 0 aromatic heterocycles. The van der Waals surface area contributed by atoms with Gasteiger partial charge in [0.25, 0.3) is 0 Å². The maximum absolute atomic E-state index is 11.4. The summed E-state index contributed by atoms with van der Waals surface area (Å²) >= 11 is 16.7. The second-order valence-electron chi connectivity index (χ2n) is 4.21. The number of allylic oxidation sites excluding steroid dienone is 1. The van der Waals surface area contributed by atoms with E-state index in [-0.39, 0.29) is 23.6 Å². The highest BCUT2D eigenvalue weighted by Gasteiger charge is 2.40. The van der Waals surface area contributed by atoms with Crippen LogP contribution in [0.3, 0.4) is 0 Å². The number of fused-ring (bicyclic) bond motifs is 1. The van der Waals surface area contributed by atoms with Crippen LogP contribution >= 0.6 is 34.8 Å². The lowest BCUT2D eigenvalue weighted by Gasteiger charge is -2.25. The Hall–Kier alpha value is -2.03. The van der Waals surface area contributed by atoms with Gasteiger partial charge in [-0.15, -0.1) is 0 Å². The monoisotopic (exact) mass is 379 g/mol. The molecule has 1 heterocycles. The summed E-state index contributed by atoms with van der Waals surface area (Å²) in [7, 11) is 0. The number of nitrogens with zero attached hydrogens (tertiary/aromatic N) is 2. The van der Waals surface area contributed by atoms with Crippen molar-refractivity contribution >= 4 is 51.9 Å². The van der Waals surface area contributed by atoms with Crippen LogP contribution < -0.4 is 10.1 Å². The van der Waals surface area contributed by atoms with Gasteiger partial charge >= 0.3 is 11.4 Å². The van der Waals surface area contributed by atoms with Crippen LogP contribution in [0.15, 0.2) is 27.4 Å². The molecule has 122 valence electrons. The van der Waals surface area contributed by atoms with Crippen molar-refractivity contribution in [1.29, 1.82) is 0 Å². The molecule has 0 saturated carbocycles. The molecule has 0 aliphatic carbocycles. The summed E-state index contributed by atoms with van der Waals surface area (Å²) in [5, 5.41) is 24.7. The van der Waals surface area contributed by atoms with Crippen LogP contribution in [0.5, 0.6) is 5.75 Å². The summed E-state index contributed by atoms with van der Waals surface area (Å²) in [6.07, 6.45) is 0. The van der Waals surface area contributed by atoms with Crippen molar-refractivity contribution in [3.8, 4) is 5.75 Å². The number of ether oxygens (including phenoxy) is 1. The van der Waals surface area contributed by atoms with Crippen molar-refractivity contribution in [3.63, 3.8) is 0 Å². The van der Waals surface area contributed by atoms with Crippen molar-refractivity contribution in [1.82, 2.24) is 0 Å². The Morgan fingerprint density at radius 1 is 1.26 bits per heavy atom. The first-order valence-corrected chi connectivity index (χ1v) is 7.24. The number of hydrogen-bond acceptors (Lipinski definition) is 6. The Balaban J connectivity index is 2.76. The molecule has 1 aromatic rings. The Labute approximate surface area is 144 Å². The van der Waals surface area contributed by atoms with E-state index in [1.807, 2.05) is 0 Å². The van der Waals surface area contributed by atoms with Gasteiger partial charge in [-0.2, -0.15) is 0 Å². The van der Waals surface area contributed by atoms with E-state index < -0.39 is 30.8 Å². The fourth-order valence-corrected chi connectivity index (χ4v) is 2.41. The third kappa shape index (κ3) is 3.05. The number of anilines is 1. The largest absolute Gasteiger partial charge is 0.487 e. The molecule has 0 bridgehead atoms. The van der Waals surface area contributed by atoms with E-state index in [4.69, 9.17) is 39.5 Å². The highest BCUT2D eigenvalue weighted by Crippen LogP contribution is 2.49. The van der Waals surface area contributed by atoms with Gasteiger partial charge in [0.15, 0.2) is 10.8 Å². The number of benzene rings is 1. The molecule has 0 fully saturated rings. The highest BCUT2D eigenvalue weighted by molar-refractivity contribution is 6.60. The van der Waals surface area contributed by atoms with Gasteiger partial charge in [0, 0.05) is 0 Å². The summed E-state index contributed by atoms with van der Waals surface area (Å²) in [4.78, 5) is 21.1. The smallest absolute Gasteiger partial charge is 0.322 e. The topological polar surface area (TPSA) is 108 Å². The Bertz CT molecular complexity index is 771. The fourth-order valence-electron chi connectivity index (χ4n) is 2.07. The van der Waals surface area contributed by atoms with Crippen molar-refractivity contribution in [2.24, 2.45) is 0 Å². The predicted molar refractivity (Wildman–Crippen MR) is 86.4 cm³/mol. The maximum atomic E-state index is 11.4. The van der Waals surface area contributed by atoms with E-state index in [0.717, 1.165) is 0 Å². The zero-order valence-corrected chi connectivity index (χ0v) is 13.7. The molecular weight excluding hydrogens is 373 g/mol. The molecule has 0 radical (unpaired) electrons. The van der Waals surface area contributed by atoms with Crippen molar-refractivity contribution in [3.05, 3.63) is 53.1 Å². The molecular formula is C12H8Cl3N3O5. The van der Waals surface area contributed by atoms with Crippen LogP contribution in [0, 0.1) is 20.2 Å². The van der Waals surface area contributed by atoms with Crippen molar-refractivity contribution in [2.45, 2.75) is 6.92 Å². The molecule has 0 spiro atoms. The molecule has 1 aliphatic heterocycles. The first-order chi connectivity index (χ1) is 10.8. The Morgan fingerprint density at radius 3 is 2.39 bits per heavy atom. The number of nitrogens with one attached hydrogen (secondary N) is 1. The van der Waals surface area contributed by atoms with Gasteiger partial charge in [-0.1, -0.05) is 34.8 Å². The van der Waals surface area contributed by atoms with Crippen LogP contribution in [0.2, 0.25) is 0 Å². The lowest BCUT2D eigenvalue weighted by molar-refractivity contribution is -0.419. The van der Waals surface area contributed by atoms with Crippen molar-refractivity contribution < 1.29 is 14.6 Å². The third-order valence-electron chi connectivity index (χ3n) is 2.93. The molecule has 0 unspecified atom stereocenters. The molecule has 2 rings (SSSR count). The molecule has 8 nitrogen and oxygen atoms in total. The molecule has 11 heteroatoms. The molecule has 1 aliphatic rings. The molecule has 0 amide bonds. The van der Waals surface area contributed by atoms with E-state index in [1.54, 1.807) is 6.92 Å². The number of rotatable bonds is 5. The zero-order valence-electron chi connectivity index (χ0n) is 11.4. The van der Waals surface area contributed by atoms with Crippen LogP contribution in [-0.4, -0.2) is 16.5 Å². The quantitative estimate of drug-likeness (QED) is 0.604. The van der Waals surface area contributed by atoms with E-state index >= 15 is 0 Å². The average molecular weight is 381 g/mol. The lowest BCUT2D eigenvalue weighted by Crippen LogP contribution is -2.20. The Morgan fingerprint density at radius 2 is 1.91 bits per heavy atom.